The zero-order valence-electron chi connectivity index (χ0n) is 10.2. The van der Waals surface area contributed by atoms with Gasteiger partial charge in [-0.3, -0.25) is 4.79 Å². The van der Waals surface area contributed by atoms with E-state index >= 15 is 0 Å². The van der Waals surface area contributed by atoms with Crippen LogP contribution in [0.25, 0.3) is 0 Å². The van der Waals surface area contributed by atoms with Gasteiger partial charge in [0.25, 0.3) is 5.91 Å². The van der Waals surface area contributed by atoms with Gasteiger partial charge >= 0.3 is 0 Å². The molecule has 1 amide bonds. The average Bonchev–Trinajstić information content (AvgIpc) is 2.38. The monoisotopic (exact) mass is 322 g/mol. The number of anilines is 2. The molecule has 0 bridgehead atoms. The molecule has 98 valence electrons. The van der Waals surface area contributed by atoms with Crippen molar-refractivity contribution in [3.63, 3.8) is 0 Å². The van der Waals surface area contributed by atoms with Crippen LogP contribution in [0.3, 0.4) is 0 Å². The molecular weight excluding hydrogens is 311 g/mol. The Labute approximate surface area is 118 Å². The molecule has 0 spiro atoms. The summed E-state index contributed by atoms with van der Waals surface area (Å²) >= 11 is 3.26. The lowest BCUT2D eigenvalue weighted by Crippen LogP contribution is -2.13. The van der Waals surface area contributed by atoms with Gasteiger partial charge in [0.15, 0.2) is 0 Å². The molecule has 0 atom stereocenters. The fourth-order valence-electron chi connectivity index (χ4n) is 1.62. The number of nitrogens with two attached hydrogens (primary N) is 1. The second kappa shape index (κ2) is 5.40. The standard InChI is InChI=1S/C14H12BrFN2O/c1-8-11(16)3-2-4-13(8)18-14(19)9-5-6-10(15)12(17)7-9/h2-7H,17H2,1H3,(H,18,19). The topological polar surface area (TPSA) is 55.1 Å². The fraction of sp³-hybridized carbons (Fsp3) is 0.0714. The van der Waals surface area contributed by atoms with Crippen LogP contribution in [-0.2, 0) is 0 Å². The Bertz CT molecular complexity index is 643. The van der Waals surface area contributed by atoms with Crippen molar-refractivity contribution < 1.29 is 9.18 Å². The third-order valence-corrected chi connectivity index (χ3v) is 3.50. The summed E-state index contributed by atoms with van der Waals surface area (Å²) < 4.78 is 14.1. The molecule has 2 rings (SSSR count). The van der Waals surface area contributed by atoms with Crippen LogP contribution in [-0.4, -0.2) is 5.91 Å². The van der Waals surface area contributed by atoms with E-state index in [2.05, 4.69) is 21.2 Å². The molecular formula is C14H12BrFN2O. The van der Waals surface area contributed by atoms with Crippen LogP contribution in [0.5, 0.6) is 0 Å². The maximum absolute atomic E-state index is 13.4. The van der Waals surface area contributed by atoms with Crippen molar-refractivity contribution in [2.75, 3.05) is 11.1 Å². The van der Waals surface area contributed by atoms with Gasteiger partial charge in [-0.15, -0.1) is 0 Å². The van der Waals surface area contributed by atoms with Gasteiger partial charge in [0, 0.05) is 27.0 Å². The highest BCUT2D eigenvalue weighted by molar-refractivity contribution is 9.10. The zero-order chi connectivity index (χ0) is 14.0. The van der Waals surface area contributed by atoms with Crippen LogP contribution in [0.4, 0.5) is 15.8 Å². The molecule has 19 heavy (non-hydrogen) atoms. The lowest BCUT2D eigenvalue weighted by Gasteiger charge is -2.09. The van der Waals surface area contributed by atoms with Crippen LogP contribution in [0.1, 0.15) is 15.9 Å². The molecule has 0 saturated carbocycles. The zero-order valence-corrected chi connectivity index (χ0v) is 11.8. The summed E-state index contributed by atoms with van der Waals surface area (Å²) in [5.74, 6) is -0.680. The number of carbonyl (C=O) groups is 1. The highest BCUT2D eigenvalue weighted by Gasteiger charge is 2.10. The molecule has 0 fully saturated rings. The summed E-state index contributed by atoms with van der Waals surface area (Å²) in [4.78, 5) is 12.0. The highest BCUT2D eigenvalue weighted by Crippen LogP contribution is 2.22. The van der Waals surface area contributed by atoms with Gasteiger partial charge in [0.05, 0.1) is 0 Å². The Balaban J connectivity index is 2.26. The van der Waals surface area contributed by atoms with E-state index in [0.717, 1.165) is 4.47 Å². The van der Waals surface area contributed by atoms with Crippen molar-refractivity contribution in [3.05, 3.63) is 57.8 Å². The largest absolute Gasteiger partial charge is 0.398 e. The molecule has 2 aromatic carbocycles. The molecule has 0 heterocycles. The van der Waals surface area contributed by atoms with E-state index in [0.29, 0.717) is 22.5 Å². The number of amides is 1. The van der Waals surface area contributed by atoms with Gasteiger partial charge in [0.2, 0.25) is 0 Å². The van der Waals surface area contributed by atoms with E-state index in [1.165, 1.54) is 6.07 Å². The maximum atomic E-state index is 13.4. The molecule has 0 radical (unpaired) electrons. The van der Waals surface area contributed by atoms with Crippen molar-refractivity contribution in [1.82, 2.24) is 0 Å². The summed E-state index contributed by atoms with van der Waals surface area (Å²) in [7, 11) is 0. The van der Waals surface area contributed by atoms with Crippen molar-refractivity contribution in [2.24, 2.45) is 0 Å². The Morgan fingerprint density at radius 2 is 2.05 bits per heavy atom. The maximum Gasteiger partial charge on any atom is 0.255 e. The van der Waals surface area contributed by atoms with Gasteiger partial charge in [-0.1, -0.05) is 6.07 Å². The smallest absolute Gasteiger partial charge is 0.255 e. The van der Waals surface area contributed by atoms with Crippen LogP contribution in [0.2, 0.25) is 0 Å². The number of nitrogens with one attached hydrogen (secondary N) is 1. The van der Waals surface area contributed by atoms with Gasteiger partial charge in [-0.25, -0.2) is 4.39 Å². The van der Waals surface area contributed by atoms with Crippen LogP contribution in [0.15, 0.2) is 40.9 Å². The SMILES string of the molecule is Cc1c(F)cccc1NC(=O)c1ccc(Br)c(N)c1. The third-order valence-electron chi connectivity index (χ3n) is 2.77. The minimum atomic E-state index is -0.354. The van der Waals surface area contributed by atoms with Crippen molar-refractivity contribution in [2.45, 2.75) is 6.92 Å². The molecule has 0 aliphatic heterocycles. The summed E-state index contributed by atoms with van der Waals surface area (Å²) in [5, 5.41) is 2.66. The van der Waals surface area contributed by atoms with Crippen molar-refractivity contribution >= 4 is 33.2 Å². The first-order valence-electron chi connectivity index (χ1n) is 5.60. The second-order valence-electron chi connectivity index (χ2n) is 4.10. The van der Waals surface area contributed by atoms with Gasteiger partial charge in [0.1, 0.15) is 5.82 Å². The normalized spacial score (nSPS) is 10.3. The lowest BCUT2D eigenvalue weighted by atomic mass is 10.1. The van der Waals surface area contributed by atoms with Crippen LogP contribution < -0.4 is 11.1 Å². The quantitative estimate of drug-likeness (QED) is 0.828. The number of rotatable bonds is 2. The van der Waals surface area contributed by atoms with Crippen LogP contribution in [0, 0.1) is 12.7 Å². The Hall–Kier alpha value is -1.88. The minimum Gasteiger partial charge on any atom is -0.398 e. The van der Waals surface area contributed by atoms with Crippen molar-refractivity contribution in [1.29, 1.82) is 0 Å². The average molecular weight is 323 g/mol. The number of hydrogen-bond donors (Lipinski definition) is 2. The van der Waals surface area contributed by atoms with E-state index in [1.54, 1.807) is 37.3 Å². The molecule has 0 saturated heterocycles. The number of benzene rings is 2. The molecule has 3 N–H and O–H groups in total. The van der Waals surface area contributed by atoms with E-state index < -0.39 is 0 Å². The Kier molecular flexibility index (Phi) is 3.85. The molecule has 0 unspecified atom stereocenters. The fourth-order valence-corrected chi connectivity index (χ4v) is 1.87. The third kappa shape index (κ3) is 2.93. The van der Waals surface area contributed by atoms with Gasteiger partial charge in [-0.05, 0) is 53.2 Å². The predicted molar refractivity (Wildman–Crippen MR) is 77.6 cm³/mol. The van der Waals surface area contributed by atoms with E-state index in [9.17, 15) is 9.18 Å². The molecule has 3 nitrogen and oxygen atoms in total. The van der Waals surface area contributed by atoms with Gasteiger partial charge in [-0.2, -0.15) is 0 Å². The summed E-state index contributed by atoms with van der Waals surface area (Å²) in [6, 6.07) is 9.45. The summed E-state index contributed by atoms with van der Waals surface area (Å²) in [5.41, 5.74) is 7.47. The summed E-state index contributed by atoms with van der Waals surface area (Å²) in [6.45, 7) is 1.61. The minimum absolute atomic E-state index is 0.326. The van der Waals surface area contributed by atoms with E-state index in [4.69, 9.17) is 5.73 Å². The molecule has 0 aromatic heterocycles. The molecule has 0 aliphatic carbocycles. The van der Waals surface area contributed by atoms with E-state index in [-0.39, 0.29) is 11.7 Å². The Morgan fingerprint density at radius 3 is 2.74 bits per heavy atom. The first-order valence-corrected chi connectivity index (χ1v) is 6.40. The molecule has 0 aliphatic rings. The molecule has 5 heteroatoms. The van der Waals surface area contributed by atoms with E-state index in [1.807, 2.05) is 0 Å². The first kappa shape index (κ1) is 13.5. The van der Waals surface area contributed by atoms with Crippen LogP contribution >= 0.6 is 15.9 Å². The number of hydrogen-bond acceptors (Lipinski definition) is 2. The number of carbonyl (C=O) groups excluding carboxylic acids is 1. The summed E-state index contributed by atoms with van der Waals surface area (Å²) in [6.07, 6.45) is 0. The van der Waals surface area contributed by atoms with Gasteiger partial charge < -0.3 is 11.1 Å². The predicted octanol–water partition coefficient (Wildman–Crippen LogP) is 3.73. The highest BCUT2D eigenvalue weighted by atomic mass is 79.9. The number of halogens is 2. The lowest BCUT2D eigenvalue weighted by molar-refractivity contribution is 0.102. The number of nitrogen functional groups attached to an aromatic ring is 1. The second-order valence-corrected chi connectivity index (χ2v) is 4.96. The first-order chi connectivity index (χ1) is 8.99. The van der Waals surface area contributed by atoms with Crippen molar-refractivity contribution in [3.8, 4) is 0 Å². The Morgan fingerprint density at radius 1 is 1.32 bits per heavy atom. The molecule has 2 aromatic rings.